The van der Waals surface area contributed by atoms with Crippen LogP contribution in [0.15, 0.2) is 24.3 Å². The average molecular weight is 365 g/mol. The van der Waals surface area contributed by atoms with Gasteiger partial charge in [0.05, 0.1) is 6.61 Å². The highest BCUT2D eigenvalue weighted by Gasteiger charge is 2.19. The van der Waals surface area contributed by atoms with Crippen molar-refractivity contribution in [3.8, 4) is 0 Å². The van der Waals surface area contributed by atoms with Crippen LogP contribution in [-0.4, -0.2) is 31.8 Å². The molecule has 8 heteroatoms. The van der Waals surface area contributed by atoms with Gasteiger partial charge in [-0.2, -0.15) is 0 Å². The van der Waals surface area contributed by atoms with E-state index < -0.39 is 0 Å². The van der Waals surface area contributed by atoms with Crippen LogP contribution in [0.5, 0.6) is 0 Å². The molecule has 1 fully saturated rings. The minimum absolute atomic E-state index is 0.0561. The summed E-state index contributed by atoms with van der Waals surface area (Å²) in [6.45, 7) is 1.66. The fraction of sp³-hybridized carbons (Fsp3) is 0.417. The minimum Gasteiger partial charge on any atom is -0.370 e. The molecule has 0 N–H and O–H groups in total. The van der Waals surface area contributed by atoms with Crippen LogP contribution in [-0.2, 0) is 16.0 Å². The van der Waals surface area contributed by atoms with Gasteiger partial charge < -0.3 is 9.64 Å². The van der Waals surface area contributed by atoms with Crippen molar-refractivity contribution in [2.24, 2.45) is 0 Å². The quantitative estimate of drug-likeness (QED) is 0.717. The van der Waals surface area contributed by atoms with Crippen LogP contribution in [0, 0.1) is 0 Å². The molecule has 1 amide bonds. The number of carbonyl (C=O) groups excluding carboxylic acids is 1. The second kappa shape index (κ2) is 9.06. The van der Waals surface area contributed by atoms with E-state index in [0.717, 1.165) is 28.3 Å². The Morgan fingerprint density at radius 3 is 2.75 bits per heavy atom. The molecule has 0 bridgehead atoms. The van der Waals surface area contributed by atoms with E-state index in [1.807, 2.05) is 4.90 Å². The van der Waals surface area contributed by atoms with Gasteiger partial charge in [0.25, 0.3) is 5.91 Å². The predicted octanol–water partition coefficient (Wildman–Crippen LogP) is 3.84. The number of morpholine rings is 1. The summed E-state index contributed by atoms with van der Waals surface area (Å²) < 4.78 is 5.15. The van der Waals surface area contributed by atoms with Gasteiger partial charge in [0.15, 0.2) is 0 Å². The summed E-state index contributed by atoms with van der Waals surface area (Å²) >= 11 is 0. The van der Waals surface area contributed by atoms with Gasteiger partial charge >= 0.3 is 0 Å². The first-order valence-electron chi connectivity index (χ1n) is 6.42. The van der Waals surface area contributed by atoms with E-state index in [0.29, 0.717) is 13.2 Å². The van der Waals surface area contributed by atoms with Crippen LogP contribution in [0.1, 0.15) is 5.56 Å². The Kier molecular flexibility index (Phi) is 7.77. The normalized spacial score (nSPS) is 18.5. The summed E-state index contributed by atoms with van der Waals surface area (Å²) in [7, 11) is 7.90. The van der Waals surface area contributed by atoms with Crippen molar-refractivity contribution in [1.82, 2.24) is 0 Å². The largest absolute Gasteiger partial charge is 0.370 e. The Labute approximate surface area is 129 Å². The number of rotatable bonds is 6. The molecule has 3 nitrogen and oxygen atoms in total. The van der Waals surface area contributed by atoms with Gasteiger partial charge in [-0.1, -0.05) is 28.4 Å². The highest BCUT2D eigenvalue weighted by Crippen LogP contribution is 2.77. The maximum absolute atomic E-state index is 11.8. The number of hydrogen-bond acceptors (Lipinski definition) is 2. The van der Waals surface area contributed by atoms with E-state index in [1.165, 1.54) is 11.7 Å². The van der Waals surface area contributed by atoms with Gasteiger partial charge in [-0.15, -0.1) is 17.9 Å². The third kappa shape index (κ3) is 5.21. The van der Waals surface area contributed by atoms with Crippen LogP contribution >= 0.6 is 41.1 Å². The van der Waals surface area contributed by atoms with Crippen molar-refractivity contribution in [1.29, 1.82) is 0 Å². The number of hydrogen-bond donors (Lipinski definition) is 0. The Bertz CT molecular complexity index is 442. The molecule has 1 aliphatic heterocycles. The monoisotopic (exact) mass is 365 g/mol. The van der Waals surface area contributed by atoms with Crippen molar-refractivity contribution in [3.05, 3.63) is 29.8 Å². The summed E-state index contributed by atoms with van der Waals surface area (Å²) in [4.78, 5) is 13.6. The first-order valence-corrected chi connectivity index (χ1v) is 15.1. The van der Waals surface area contributed by atoms with Gasteiger partial charge in [0.1, 0.15) is 6.61 Å². The summed E-state index contributed by atoms with van der Waals surface area (Å²) in [6.07, 6.45) is 2.41. The average Bonchev–Trinajstić information content (AvgIpc) is 2.48. The van der Waals surface area contributed by atoms with Gasteiger partial charge in [-0.3, -0.25) is 4.79 Å². The molecule has 1 saturated heterocycles. The Morgan fingerprint density at radius 2 is 2.10 bits per heavy atom. The number of ether oxygens (including phenoxy) is 1. The fourth-order valence-corrected chi connectivity index (χ4v) is 9.52. The molecule has 0 saturated carbocycles. The van der Waals surface area contributed by atoms with E-state index in [1.54, 1.807) is 0 Å². The molecular formula is C12H20NO2P5. The second-order valence-corrected chi connectivity index (χ2v) is 19.2. The van der Waals surface area contributed by atoms with Crippen LogP contribution in [0.25, 0.3) is 0 Å². The number of nitrogens with zero attached hydrogens (tertiary/aromatic N) is 1. The Balaban J connectivity index is 1.87. The van der Waals surface area contributed by atoms with Gasteiger partial charge in [-0.05, 0) is 37.3 Å². The lowest BCUT2D eigenvalue weighted by atomic mass is 10.1. The molecule has 1 aliphatic rings. The summed E-state index contributed by atoms with van der Waals surface area (Å²) in [5, 5.41) is 0. The molecular weight excluding hydrogens is 345 g/mol. The van der Waals surface area contributed by atoms with E-state index in [9.17, 15) is 4.79 Å². The highest BCUT2D eigenvalue weighted by molar-refractivity contribution is 8.79. The number of aryl methyl sites for hydroxylation is 1. The molecule has 1 aromatic carbocycles. The Morgan fingerprint density at radius 1 is 1.35 bits per heavy atom. The zero-order valence-corrected chi connectivity index (χ0v) is 16.4. The smallest absolute Gasteiger partial charge is 0.253 e. The molecule has 2 rings (SSSR count). The molecule has 5 atom stereocenters. The number of carbonyl (C=O) groups is 1. The van der Waals surface area contributed by atoms with Crippen LogP contribution in [0.3, 0.4) is 0 Å². The lowest BCUT2D eigenvalue weighted by molar-refractivity contribution is -0.125. The zero-order valence-electron chi connectivity index (χ0n) is 11.2. The molecule has 0 spiro atoms. The third-order valence-corrected chi connectivity index (χ3v) is 19.8. The van der Waals surface area contributed by atoms with E-state index in [-0.39, 0.29) is 19.5 Å². The molecule has 1 heterocycles. The Hall–Kier alpha value is 0.800. The fourth-order valence-electron chi connectivity index (χ4n) is 2.00. The first kappa shape index (κ1) is 17.2. The van der Waals surface area contributed by atoms with Gasteiger partial charge in [0.2, 0.25) is 0 Å². The van der Waals surface area contributed by atoms with Crippen LogP contribution < -0.4 is 4.90 Å². The van der Waals surface area contributed by atoms with Crippen molar-refractivity contribution >= 4 is 52.7 Å². The molecule has 0 radical (unpaired) electrons. The minimum atomic E-state index is 0.0561. The second-order valence-electron chi connectivity index (χ2n) is 4.42. The van der Waals surface area contributed by atoms with E-state index >= 15 is 0 Å². The maximum atomic E-state index is 11.8. The van der Waals surface area contributed by atoms with Crippen LogP contribution in [0.2, 0.25) is 0 Å². The van der Waals surface area contributed by atoms with E-state index in [4.69, 9.17) is 4.74 Å². The number of amides is 1. The summed E-state index contributed by atoms with van der Waals surface area (Å²) in [5.74, 6) is 0.0561. The van der Waals surface area contributed by atoms with Crippen molar-refractivity contribution < 1.29 is 9.53 Å². The number of benzene rings is 1. The number of anilines is 1. The lowest BCUT2D eigenvalue weighted by Gasteiger charge is -2.26. The first-order chi connectivity index (χ1) is 9.70. The van der Waals surface area contributed by atoms with Crippen molar-refractivity contribution in [2.45, 2.75) is 6.42 Å². The predicted molar refractivity (Wildman–Crippen MR) is 101 cm³/mol. The lowest BCUT2D eigenvalue weighted by Crippen LogP contribution is -2.41. The zero-order chi connectivity index (χ0) is 14.4. The summed E-state index contributed by atoms with van der Waals surface area (Å²) in [6, 6.07) is 8.42. The van der Waals surface area contributed by atoms with Crippen molar-refractivity contribution in [2.75, 3.05) is 30.8 Å². The standard InChI is InChI=1S/C12H20NO2P5/c14-12-9-15-7-6-13(12)11-3-1-10(2-4-11)5-8-18-20(17)19-16/h1-4,18-19H,5-9,16-17H2. The van der Waals surface area contributed by atoms with Gasteiger partial charge in [0, 0.05) is 12.2 Å². The molecule has 1 aromatic rings. The maximum Gasteiger partial charge on any atom is 0.253 e. The molecule has 20 heavy (non-hydrogen) atoms. The molecule has 0 aliphatic carbocycles. The SMILES string of the molecule is O=C1COCCN1c1ccc(CCPP(P)PP)cc1. The van der Waals surface area contributed by atoms with Crippen LogP contribution in [0.4, 0.5) is 5.69 Å². The van der Waals surface area contributed by atoms with Crippen molar-refractivity contribution in [3.63, 3.8) is 0 Å². The van der Waals surface area contributed by atoms with Gasteiger partial charge in [-0.25, -0.2) is 0 Å². The topological polar surface area (TPSA) is 29.5 Å². The summed E-state index contributed by atoms with van der Waals surface area (Å²) in [5.41, 5.74) is 2.35. The third-order valence-electron chi connectivity index (χ3n) is 3.07. The molecule has 5 unspecified atom stereocenters. The highest BCUT2D eigenvalue weighted by atomic mass is 32.8. The molecule has 0 aromatic heterocycles. The van der Waals surface area contributed by atoms with E-state index in [2.05, 4.69) is 42.1 Å². The molecule has 110 valence electrons.